The molecule has 47 heavy (non-hydrogen) atoms. The molecule has 2 atom stereocenters. The maximum atomic E-state index is 14.2. The van der Waals surface area contributed by atoms with Gasteiger partial charge in [0.2, 0.25) is 18.0 Å². The fraction of sp³-hybridized carbons (Fsp3) is 0.364. The second kappa shape index (κ2) is 13.7. The number of hydrogen-bond donors (Lipinski definition) is 1. The molecule has 2 saturated heterocycles. The van der Waals surface area contributed by atoms with E-state index in [1.165, 1.54) is 16.8 Å². The fourth-order valence-corrected chi connectivity index (χ4v) is 6.18. The van der Waals surface area contributed by atoms with Crippen molar-refractivity contribution in [1.29, 1.82) is 0 Å². The molecule has 2 unspecified atom stereocenters. The molecule has 3 aliphatic heterocycles. The van der Waals surface area contributed by atoms with Gasteiger partial charge in [-0.15, -0.1) is 0 Å². The molecule has 3 aliphatic rings. The van der Waals surface area contributed by atoms with Crippen LogP contribution < -0.4 is 15.5 Å². The predicted molar refractivity (Wildman–Crippen MR) is 160 cm³/mol. The summed E-state index contributed by atoms with van der Waals surface area (Å²) in [6, 6.07) is 12.1. The molecule has 1 aromatic heterocycles. The highest BCUT2D eigenvalue weighted by Gasteiger charge is 2.48. The molecule has 0 aliphatic carbocycles. The number of hydrogen-bond acceptors (Lipinski definition) is 9. The van der Waals surface area contributed by atoms with Gasteiger partial charge in [-0.3, -0.25) is 28.9 Å². The lowest BCUT2D eigenvalue weighted by atomic mass is 10.1. The average Bonchev–Trinajstić information content (AvgIpc) is 3.66. The molecule has 2 fully saturated rings. The number of esters is 2. The largest absolute Gasteiger partial charge is 0.461 e. The lowest BCUT2D eigenvalue weighted by Crippen LogP contribution is -2.50. The highest BCUT2D eigenvalue weighted by atomic mass is 19.1. The van der Waals surface area contributed by atoms with E-state index in [2.05, 4.69) is 10.2 Å². The van der Waals surface area contributed by atoms with Crippen molar-refractivity contribution >= 4 is 23.8 Å². The fourth-order valence-electron chi connectivity index (χ4n) is 6.18. The summed E-state index contributed by atoms with van der Waals surface area (Å²) in [4.78, 5) is 68.9. The molecule has 0 radical (unpaired) electrons. The van der Waals surface area contributed by atoms with E-state index in [4.69, 9.17) is 14.2 Å². The van der Waals surface area contributed by atoms with Gasteiger partial charge in [-0.1, -0.05) is 36.4 Å². The Balaban J connectivity index is 1.15. The molecule has 2 aromatic carbocycles. The van der Waals surface area contributed by atoms with Crippen LogP contribution in [-0.4, -0.2) is 70.2 Å². The molecule has 0 bridgehead atoms. The minimum Gasteiger partial charge on any atom is -0.461 e. The monoisotopic (exact) mass is 650 g/mol. The summed E-state index contributed by atoms with van der Waals surface area (Å²) in [6.45, 7) is 0.504. The number of halogens is 2. The van der Waals surface area contributed by atoms with Gasteiger partial charge in [0.1, 0.15) is 30.0 Å². The Kier molecular flexibility index (Phi) is 9.29. The van der Waals surface area contributed by atoms with E-state index in [9.17, 15) is 32.8 Å². The zero-order valence-electron chi connectivity index (χ0n) is 25.3. The predicted octanol–water partition coefficient (Wildman–Crippen LogP) is 2.72. The third-order valence-electron chi connectivity index (χ3n) is 8.53. The molecule has 0 saturated carbocycles. The zero-order chi connectivity index (χ0) is 33.1. The van der Waals surface area contributed by atoms with Crippen LogP contribution in [0.15, 0.2) is 59.5 Å². The summed E-state index contributed by atoms with van der Waals surface area (Å²) >= 11 is 0. The Hall–Kier alpha value is -5.11. The summed E-state index contributed by atoms with van der Waals surface area (Å²) in [5, 5.41) is 2.46. The number of pyridine rings is 1. The van der Waals surface area contributed by atoms with Crippen LogP contribution in [0.2, 0.25) is 0 Å². The second-order valence-electron chi connectivity index (χ2n) is 11.5. The number of benzene rings is 2. The molecule has 246 valence electrons. The van der Waals surface area contributed by atoms with Crippen molar-refractivity contribution in [3.8, 4) is 5.75 Å². The molecule has 6 rings (SSSR count). The Morgan fingerprint density at radius 2 is 1.72 bits per heavy atom. The first-order valence-electron chi connectivity index (χ1n) is 15.2. The van der Waals surface area contributed by atoms with Crippen LogP contribution in [0.1, 0.15) is 57.7 Å². The van der Waals surface area contributed by atoms with Crippen molar-refractivity contribution in [1.82, 2.24) is 19.7 Å². The molecular formula is C33H32F2N4O8. The van der Waals surface area contributed by atoms with Crippen LogP contribution in [0.25, 0.3) is 0 Å². The quantitative estimate of drug-likeness (QED) is 0.246. The number of aromatic nitrogens is 1. The summed E-state index contributed by atoms with van der Waals surface area (Å²) < 4.78 is 44.8. The first-order chi connectivity index (χ1) is 22.7. The molecule has 14 heteroatoms. The minimum absolute atomic E-state index is 0.00185. The summed E-state index contributed by atoms with van der Waals surface area (Å²) in [6.07, 6.45) is 2.36. The second-order valence-corrected chi connectivity index (χ2v) is 11.5. The Morgan fingerprint density at radius 3 is 2.49 bits per heavy atom. The topological polar surface area (TPSA) is 136 Å². The van der Waals surface area contributed by atoms with Crippen molar-refractivity contribution < 1.29 is 42.2 Å². The highest BCUT2D eigenvalue weighted by molar-refractivity contribution is 5.99. The van der Waals surface area contributed by atoms with E-state index >= 15 is 0 Å². The molecule has 1 N–H and O–H groups in total. The molecule has 0 spiro atoms. The SMILES string of the molecule is O=C(CCC(=O)OCc1ccccc1)OCOc1c2n(cc(C(=O)NCc3ccc(F)cc3F)c1=O)CC1N(CC3CCCN31)C2=O. The number of ether oxygens (including phenoxy) is 3. The number of carbonyl (C=O) groups is 4. The van der Waals surface area contributed by atoms with Crippen molar-refractivity contribution in [2.45, 2.75) is 57.6 Å². The van der Waals surface area contributed by atoms with Crippen LogP contribution >= 0.6 is 0 Å². The Labute approximate surface area is 267 Å². The number of fused-ring (bicyclic) bond motifs is 4. The maximum absolute atomic E-state index is 14.2. The van der Waals surface area contributed by atoms with Gasteiger partial charge >= 0.3 is 11.9 Å². The van der Waals surface area contributed by atoms with Crippen molar-refractivity contribution in [2.75, 3.05) is 19.9 Å². The van der Waals surface area contributed by atoms with Gasteiger partial charge in [0.05, 0.1) is 19.4 Å². The zero-order valence-corrected chi connectivity index (χ0v) is 25.3. The van der Waals surface area contributed by atoms with Crippen LogP contribution in [0.4, 0.5) is 8.78 Å². The number of carbonyl (C=O) groups excluding carboxylic acids is 4. The van der Waals surface area contributed by atoms with Gasteiger partial charge in [-0.2, -0.15) is 0 Å². The maximum Gasteiger partial charge on any atom is 0.309 e. The smallest absolute Gasteiger partial charge is 0.309 e. The standard InChI is InChI=1S/C33H32F2N4O8/c34-22-9-8-21(25(35)13-22)14-36-32(43)24-16-37-17-26-38-12-4-7-23(38)15-39(26)33(44)29(37)31(30(24)42)47-19-46-28(41)11-10-27(40)45-18-20-5-2-1-3-6-20/h1-3,5-6,8-9,13,16,23,26H,4,7,10-12,14-15,17-19H2,(H,36,43). The van der Waals surface area contributed by atoms with Crippen LogP contribution in [0, 0.1) is 11.6 Å². The summed E-state index contributed by atoms with van der Waals surface area (Å²) in [5.74, 6) is -4.87. The number of amides is 2. The lowest BCUT2D eigenvalue weighted by molar-refractivity contribution is -0.155. The van der Waals surface area contributed by atoms with Crippen molar-refractivity contribution in [2.24, 2.45) is 0 Å². The minimum atomic E-state index is -0.930. The average molecular weight is 651 g/mol. The van der Waals surface area contributed by atoms with Crippen LogP contribution in [-0.2, 0) is 38.8 Å². The highest BCUT2D eigenvalue weighted by Crippen LogP contribution is 2.35. The van der Waals surface area contributed by atoms with Crippen molar-refractivity contribution in [3.63, 3.8) is 0 Å². The first-order valence-corrected chi connectivity index (χ1v) is 15.2. The van der Waals surface area contributed by atoms with Gasteiger partial charge in [0.15, 0.2) is 5.69 Å². The Bertz CT molecular complexity index is 1770. The van der Waals surface area contributed by atoms with Crippen LogP contribution in [0.5, 0.6) is 5.75 Å². The lowest BCUT2D eigenvalue weighted by Gasteiger charge is -2.36. The van der Waals surface area contributed by atoms with E-state index in [0.29, 0.717) is 12.6 Å². The van der Waals surface area contributed by atoms with Gasteiger partial charge in [-0.05, 0) is 24.5 Å². The van der Waals surface area contributed by atoms with Gasteiger partial charge in [-0.25, -0.2) is 8.78 Å². The molecule has 4 heterocycles. The Morgan fingerprint density at radius 1 is 0.957 bits per heavy atom. The van der Waals surface area contributed by atoms with E-state index in [0.717, 1.165) is 31.0 Å². The van der Waals surface area contributed by atoms with Gasteiger partial charge < -0.3 is 29.0 Å². The number of nitrogens with one attached hydrogen (secondary N) is 1. The normalized spacial score (nSPS) is 18.3. The molecule has 3 aromatic rings. The first kappa shape index (κ1) is 31.9. The third kappa shape index (κ3) is 6.87. The van der Waals surface area contributed by atoms with Crippen molar-refractivity contribution in [3.05, 3.63) is 99.0 Å². The van der Waals surface area contributed by atoms with E-state index in [-0.39, 0.29) is 61.6 Å². The van der Waals surface area contributed by atoms with E-state index < -0.39 is 53.4 Å². The molecule has 2 amide bonds. The molecule has 12 nitrogen and oxygen atoms in total. The van der Waals surface area contributed by atoms with E-state index in [1.54, 1.807) is 29.2 Å². The van der Waals surface area contributed by atoms with E-state index in [1.807, 2.05) is 6.07 Å². The van der Waals surface area contributed by atoms with Crippen LogP contribution in [0.3, 0.4) is 0 Å². The van der Waals surface area contributed by atoms with Gasteiger partial charge in [0, 0.05) is 43.5 Å². The van der Waals surface area contributed by atoms with Gasteiger partial charge in [0.25, 0.3) is 11.8 Å². The summed E-state index contributed by atoms with van der Waals surface area (Å²) in [7, 11) is 0. The third-order valence-corrected chi connectivity index (χ3v) is 8.53. The summed E-state index contributed by atoms with van der Waals surface area (Å²) in [5.41, 5.74) is -0.604. The molecular weight excluding hydrogens is 618 g/mol. The number of nitrogens with zero attached hydrogens (tertiary/aromatic N) is 3. The number of rotatable bonds is 11.